The van der Waals surface area contributed by atoms with Crippen molar-refractivity contribution in [1.29, 1.82) is 0 Å². The van der Waals surface area contributed by atoms with Crippen LogP contribution in [-0.4, -0.2) is 82.5 Å². The maximum absolute atomic E-state index is 12.7. The summed E-state index contributed by atoms with van der Waals surface area (Å²) < 4.78 is 32.4. The van der Waals surface area contributed by atoms with Gasteiger partial charge < -0.3 is 20.3 Å². The smallest absolute Gasteiger partial charge is 0.309 e. The Morgan fingerprint density at radius 3 is 2.73 bits per heavy atom. The predicted octanol–water partition coefficient (Wildman–Crippen LogP) is -0.721. The van der Waals surface area contributed by atoms with Gasteiger partial charge in [-0.3, -0.25) is 9.59 Å². The summed E-state index contributed by atoms with van der Waals surface area (Å²) in [5, 5.41) is 6.63. The molecule has 1 aromatic heterocycles. The molecular weight excluding hydrogens is 380 g/mol. The summed E-state index contributed by atoms with van der Waals surface area (Å²) in [5.41, 5.74) is 0. The number of nitrogens with one attached hydrogen (secondary N) is 2. The Balaban J connectivity index is 1.92. The monoisotopic (exact) mass is 404 g/mol. The summed E-state index contributed by atoms with van der Waals surface area (Å²) in [6.45, 7) is 1.56. The van der Waals surface area contributed by atoms with Crippen molar-refractivity contribution in [3.05, 3.63) is 17.5 Å². The number of carbonyl (C=O) groups is 2. The zero-order valence-corrected chi connectivity index (χ0v) is 16.4. The fourth-order valence-electron chi connectivity index (χ4n) is 2.36. The number of ether oxygens (including phenoxy) is 1. The minimum absolute atomic E-state index is 0.0927. The standard InChI is InChI=1S/C15H24N4O5S2/c1-18(2)8-6-16-14(20)15(21)17-11-12-19(7-4-9-24-12)26(22,23)13-5-3-10-25-13/h3,5,10,12H,4,6-9,11H2,1-2H3,(H,16,20)(H,17,21)/t12-/m0/s1. The molecule has 0 spiro atoms. The first-order chi connectivity index (χ1) is 12.3. The van der Waals surface area contributed by atoms with Crippen molar-refractivity contribution in [3.8, 4) is 0 Å². The molecule has 9 nitrogen and oxygen atoms in total. The molecule has 26 heavy (non-hydrogen) atoms. The van der Waals surface area contributed by atoms with Gasteiger partial charge in [-0.25, -0.2) is 8.42 Å². The van der Waals surface area contributed by atoms with Crippen LogP contribution in [0.5, 0.6) is 0 Å². The molecule has 0 saturated carbocycles. The molecular formula is C15H24N4O5S2. The van der Waals surface area contributed by atoms with Crippen molar-refractivity contribution in [2.45, 2.75) is 16.9 Å². The van der Waals surface area contributed by atoms with Gasteiger partial charge in [-0.2, -0.15) is 4.31 Å². The van der Waals surface area contributed by atoms with E-state index in [0.29, 0.717) is 32.7 Å². The average molecular weight is 405 g/mol. The first-order valence-corrected chi connectivity index (χ1v) is 10.5. The van der Waals surface area contributed by atoms with Crippen LogP contribution in [0.3, 0.4) is 0 Å². The lowest BCUT2D eigenvalue weighted by Gasteiger charge is -2.34. The van der Waals surface area contributed by atoms with Crippen LogP contribution in [0.2, 0.25) is 0 Å². The van der Waals surface area contributed by atoms with Crippen LogP contribution in [0.25, 0.3) is 0 Å². The second kappa shape index (κ2) is 9.42. The summed E-state index contributed by atoms with van der Waals surface area (Å²) in [4.78, 5) is 25.5. The topological polar surface area (TPSA) is 108 Å². The number of amides is 2. The third-order valence-corrected chi connectivity index (χ3v) is 6.96. The normalized spacial score (nSPS) is 18.7. The molecule has 0 aromatic carbocycles. The highest BCUT2D eigenvalue weighted by Gasteiger charge is 2.35. The van der Waals surface area contributed by atoms with Gasteiger partial charge in [0.05, 0.1) is 13.2 Å². The lowest BCUT2D eigenvalue weighted by Crippen LogP contribution is -2.53. The maximum atomic E-state index is 12.7. The van der Waals surface area contributed by atoms with E-state index in [2.05, 4.69) is 10.6 Å². The summed E-state index contributed by atoms with van der Waals surface area (Å²) in [5.74, 6) is -1.57. The Hall–Kier alpha value is -1.53. The van der Waals surface area contributed by atoms with E-state index >= 15 is 0 Å². The molecule has 2 heterocycles. The third kappa shape index (κ3) is 5.48. The molecule has 146 valence electrons. The number of likely N-dealkylation sites (N-methyl/N-ethyl adjacent to an activating group) is 1. The number of sulfonamides is 1. The summed E-state index contributed by atoms with van der Waals surface area (Å²) in [7, 11) is 0.0226. The highest BCUT2D eigenvalue weighted by molar-refractivity contribution is 7.91. The van der Waals surface area contributed by atoms with E-state index in [4.69, 9.17) is 4.74 Å². The summed E-state index contributed by atoms with van der Waals surface area (Å²) in [6, 6.07) is 3.19. The third-order valence-electron chi connectivity index (χ3n) is 3.70. The summed E-state index contributed by atoms with van der Waals surface area (Å²) >= 11 is 1.13. The molecule has 11 heteroatoms. The van der Waals surface area contributed by atoms with Crippen molar-refractivity contribution < 1.29 is 22.7 Å². The number of carbonyl (C=O) groups excluding carboxylic acids is 2. The van der Waals surface area contributed by atoms with E-state index in [1.165, 1.54) is 10.4 Å². The highest BCUT2D eigenvalue weighted by Crippen LogP contribution is 2.25. The lowest BCUT2D eigenvalue weighted by molar-refractivity contribution is -0.140. The molecule has 2 amide bonds. The second-order valence-electron chi connectivity index (χ2n) is 6.00. The number of hydrogen-bond acceptors (Lipinski definition) is 7. The van der Waals surface area contributed by atoms with Crippen LogP contribution < -0.4 is 10.6 Å². The van der Waals surface area contributed by atoms with Crippen LogP contribution in [0.15, 0.2) is 21.7 Å². The molecule has 1 aliphatic heterocycles. The van der Waals surface area contributed by atoms with Crippen LogP contribution in [0.1, 0.15) is 6.42 Å². The minimum Gasteiger partial charge on any atom is -0.360 e. The largest absolute Gasteiger partial charge is 0.360 e. The average Bonchev–Trinajstić information content (AvgIpc) is 3.15. The van der Waals surface area contributed by atoms with Crippen molar-refractivity contribution in [3.63, 3.8) is 0 Å². The Labute approximate surface area is 157 Å². The zero-order valence-electron chi connectivity index (χ0n) is 14.8. The fraction of sp³-hybridized carbons (Fsp3) is 0.600. The van der Waals surface area contributed by atoms with Gasteiger partial charge in [0.25, 0.3) is 10.0 Å². The van der Waals surface area contributed by atoms with Crippen molar-refractivity contribution >= 4 is 33.2 Å². The Morgan fingerprint density at radius 2 is 2.08 bits per heavy atom. The molecule has 1 aliphatic rings. The molecule has 1 aromatic rings. The quantitative estimate of drug-likeness (QED) is 0.581. The lowest BCUT2D eigenvalue weighted by atomic mass is 10.3. The minimum atomic E-state index is -3.69. The molecule has 0 aliphatic carbocycles. The first-order valence-electron chi connectivity index (χ1n) is 8.20. The highest BCUT2D eigenvalue weighted by atomic mass is 32.2. The van der Waals surface area contributed by atoms with E-state index in [0.717, 1.165) is 11.3 Å². The number of rotatable bonds is 7. The van der Waals surface area contributed by atoms with Crippen LogP contribution in [-0.2, 0) is 24.3 Å². The Morgan fingerprint density at radius 1 is 1.35 bits per heavy atom. The summed E-state index contributed by atoms with van der Waals surface area (Å²) in [6.07, 6.45) is -0.269. The maximum Gasteiger partial charge on any atom is 0.309 e. The van der Waals surface area contributed by atoms with Crippen molar-refractivity contribution in [2.24, 2.45) is 0 Å². The van der Waals surface area contributed by atoms with Crippen LogP contribution in [0, 0.1) is 0 Å². The van der Waals surface area contributed by atoms with Gasteiger partial charge in [0.1, 0.15) is 10.4 Å². The first kappa shape index (κ1) is 20.8. The van der Waals surface area contributed by atoms with Gasteiger partial charge in [-0.05, 0) is 32.0 Å². The van der Waals surface area contributed by atoms with Gasteiger partial charge in [-0.1, -0.05) is 6.07 Å². The predicted molar refractivity (Wildman–Crippen MR) is 97.1 cm³/mol. The fourth-order valence-corrected chi connectivity index (χ4v) is 5.05. The number of nitrogens with zero attached hydrogens (tertiary/aromatic N) is 2. The van der Waals surface area contributed by atoms with Crippen molar-refractivity contribution in [2.75, 3.05) is 46.9 Å². The second-order valence-corrected chi connectivity index (χ2v) is 9.06. The molecule has 0 bridgehead atoms. The van der Waals surface area contributed by atoms with Gasteiger partial charge >= 0.3 is 11.8 Å². The van der Waals surface area contributed by atoms with Gasteiger partial charge in [0, 0.05) is 19.6 Å². The van der Waals surface area contributed by atoms with Crippen molar-refractivity contribution in [1.82, 2.24) is 19.8 Å². The number of hydrogen-bond donors (Lipinski definition) is 2. The van der Waals surface area contributed by atoms with Gasteiger partial charge in [0.15, 0.2) is 0 Å². The molecule has 2 N–H and O–H groups in total. The molecule has 0 unspecified atom stereocenters. The van der Waals surface area contributed by atoms with E-state index in [-0.39, 0.29) is 10.8 Å². The SMILES string of the molecule is CN(C)CCNC(=O)C(=O)NC[C@@H]1OCCCN1S(=O)(=O)c1cccs1. The number of thiophene rings is 1. The van der Waals surface area contributed by atoms with Gasteiger partial charge in [-0.15, -0.1) is 11.3 Å². The van der Waals surface area contributed by atoms with E-state index in [9.17, 15) is 18.0 Å². The van der Waals surface area contributed by atoms with Crippen LogP contribution >= 0.6 is 11.3 Å². The molecule has 1 atom stereocenters. The zero-order chi connectivity index (χ0) is 19.2. The van der Waals surface area contributed by atoms with E-state index in [1.807, 2.05) is 19.0 Å². The van der Waals surface area contributed by atoms with Gasteiger partial charge in [0.2, 0.25) is 0 Å². The van der Waals surface area contributed by atoms with E-state index in [1.54, 1.807) is 11.4 Å². The Bertz CT molecular complexity index is 706. The molecule has 2 rings (SSSR count). The Kier molecular flexibility index (Phi) is 7.53. The molecule has 0 radical (unpaired) electrons. The molecule has 1 saturated heterocycles. The molecule has 1 fully saturated rings. The van der Waals surface area contributed by atoms with Crippen LogP contribution in [0.4, 0.5) is 0 Å². The van der Waals surface area contributed by atoms with E-state index < -0.39 is 28.1 Å².